The number of aryl methyl sites for hydroxylation is 1. The van der Waals surface area contributed by atoms with Gasteiger partial charge in [-0.25, -0.2) is 0 Å². The van der Waals surface area contributed by atoms with Crippen LogP contribution in [0.25, 0.3) is 0 Å². The van der Waals surface area contributed by atoms with Crippen LogP contribution >= 0.6 is 43.2 Å². The molecule has 2 rings (SSSR count). The second kappa shape index (κ2) is 4.32. The first-order valence-electron chi connectivity index (χ1n) is 4.14. The number of aromatic nitrogens is 3. The highest BCUT2D eigenvalue weighted by molar-refractivity contribution is 9.13. The minimum atomic E-state index is -0.183. The van der Waals surface area contributed by atoms with E-state index in [2.05, 4.69) is 42.2 Å². The SMILES string of the molecule is Cn1nncc1C(N)c1cc(Br)c(Br)s1. The van der Waals surface area contributed by atoms with Gasteiger partial charge in [0, 0.05) is 16.4 Å². The van der Waals surface area contributed by atoms with Gasteiger partial charge < -0.3 is 5.73 Å². The van der Waals surface area contributed by atoms with Crippen molar-refractivity contribution in [1.29, 1.82) is 0 Å². The first-order chi connectivity index (χ1) is 7.09. The molecule has 0 spiro atoms. The van der Waals surface area contributed by atoms with Crippen molar-refractivity contribution < 1.29 is 0 Å². The van der Waals surface area contributed by atoms with Gasteiger partial charge in [-0.1, -0.05) is 5.21 Å². The summed E-state index contributed by atoms with van der Waals surface area (Å²) < 4.78 is 3.75. The highest BCUT2D eigenvalue weighted by Gasteiger charge is 2.16. The molecule has 0 saturated heterocycles. The van der Waals surface area contributed by atoms with Crippen LogP contribution in [0.1, 0.15) is 16.6 Å². The van der Waals surface area contributed by atoms with Crippen LogP contribution in [0.15, 0.2) is 20.5 Å². The van der Waals surface area contributed by atoms with Crippen molar-refractivity contribution in [3.63, 3.8) is 0 Å². The second-order valence-electron chi connectivity index (χ2n) is 3.03. The summed E-state index contributed by atoms with van der Waals surface area (Å²) in [5, 5.41) is 7.67. The molecule has 0 bridgehead atoms. The lowest BCUT2D eigenvalue weighted by Crippen LogP contribution is -2.14. The van der Waals surface area contributed by atoms with E-state index in [1.807, 2.05) is 13.1 Å². The van der Waals surface area contributed by atoms with E-state index >= 15 is 0 Å². The Balaban J connectivity index is 2.36. The molecule has 0 aliphatic rings. The molecular formula is C8H8Br2N4S. The van der Waals surface area contributed by atoms with Crippen LogP contribution in [-0.4, -0.2) is 15.0 Å². The van der Waals surface area contributed by atoms with Crippen molar-refractivity contribution in [2.24, 2.45) is 12.8 Å². The molecule has 1 atom stereocenters. The van der Waals surface area contributed by atoms with Gasteiger partial charge in [0.05, 0.1) is 21.7 Å². The van der Waals surface area contributed by atoms with Gasteiger partial charge in [0.25, 0.3) is 0 Å². The summed E-state index contributed by atoms with van der Waals surface area (Å²) in [5.74, 6) is 0. The topological polar surface area (TPSA) is 56.7 Å². The molecule has 0 amide bonds. The van der Waals surface area contributed by atoms with Crippen LogP contribution in [0.4, 0.5) is 0 Å². The molecule has 2 N–H and O–H groups in total. The molecule has 0 saturated carbocycles. The number of thiophene rings is 1. The molecule has 80 valence electrons. The van der Waals surface area contributed by atoms with Crippen LogP contribution < -0.4 is 5.73 Å². The molecule has 1 unspecified atom stereocenters. The Hall–Kier alpha value is -0.240. The monoisotopic (exact) mass is 350 g/mol. The van der Waals surface area contributed by atoms with Gasteiger partial charge in [0.1, 0.15) is 0 Å². The van der Waals surface area contributed by atoms with E-state index in [1.165, 1.54) is 0 Å². The maximum absolute atomic E-state index is 6.11. The molecule has 2 aromatic heterocycles. The lowest BCUT2D eigenvalue weighted by molar-refractivity contribution is 0.654. The Morgan fingerprint density at radius 2 is 2.27 bits per heavy atom. The van der Waals surface area contributed by atoms with Crippen molar-refractivity contribution >= 4 is 43.2 Å². The van der Waals surface area contributed by atoms with Gasteiger partial charge in [-0.3, -0.25) is 4.68 Å². The molecule has 2 aromatic rings. The van der Waals surface area contributed by atoms with Gasteiger partial charge in [0.2, 0.25) is 0 Å². The van der Waals surface area contributed by atoms with E-state index in [9.17, 15) is 0 Å². The summed E-state index contributed by atoms with van der Waals surface area (Å²) in [6.45, 7) is 0. The molecule has 0 radical (unpaired) electrons. The molecule has 4 nitrogen and oxygen atoms in total. The summed E-state index contributed by atoms with van der Waals surface area (Å²) in [6, 6.07) is 1.82. The van der Waals surface area contributed by atoms with Gasteiger partial charge in [-0.2, -0.15) is 0 Å². The fourth-order valence-electron chi connectivity index (χ4n) is 1.24. The third-order valence-electron chi connectivity index (χ3n) is 2.04. The second-order valence-corrected chi connectivity index (χ2v) is 6.29. The van der Waals surface area contributed by atoms with E-state index in [0.717, 1.165) is 18.8 Å². The van der Waals surface area contributed by atoms with E-state index < -0.39 is 0 Å². The Morgan fingerprint density at radius 3 is 2.73 bits per heavy atom. The third-order valence-corrected chi connectivity index (χ3v) is 5.38. The predicted octanol–water partition coefficient (Wildman–Crippen LogP) is 2.45. The maximum Gasteiger partial charge on any atom is 0.0843 e. The average molecular weight is 352 g/mol. The highest BCUT2D eigenvalue weighted by Crippen LogP contribution is 2.36. The Kier molecular flexibility index (Phi) is 3.24. The van der Waals surface area contributed by atoms with Gasteiger partial charge >= 0.3 is 0 Å². The summed E-state index contributed by atoms with van der Waals surface area (Å²) in [7, 11) is 1.83. The van der Waals surface area contributed by atoms with Crippen molar-refractivity contribution in [2.45, 2.75) is 6.04 Å². The quantitative estimate of drug-likeness (QED) is 0.904. The number of nitrogens with two attached hydrogens (primary N) is 1. The first kappa shape index (κ1) is 11.3. The number of hydrogen-bond acceptors (Lipinski definition) is 4. The summed E-state index contributed by atoms with van der Waals surface area (Å²) in [4.78, 5) is 1.07. The zero-order valence-corrected chi connectivity index (χ0v) is 11.8. The Labute approximate surface area is 108 Å². The van der Waals surface area contributed by atoms with Crippen molar-refractivity contribution in [3.8, 4) is 0 Å². The molecule has 2 heterocycles. The minimum Gasteiger partial charge on any atom is -0.318 e. The normalized spacial score (nSPS) is 13.1. The summed E-state index contributed by atoms with van der Waals surface area (Å²) in [5.41, 5.74) is 7.01. The van der Waals surface area contributed by atoms with Gasteiger partial charge in [0.15, 0.2) is 0 Å². The molecule has 0 aliphatic carbocycles. The van der Waals surface area contributed by atoms with E-state index in [0.29, 0.717) is 0 Å². The van der Waals surface area contributed by atoms with E-state index in [1.54, 1.807) is 22.2 Å². The van der Waals surface area contributed by atoms with E-state index in [-0.39, 0.29) is 6.04 Å². The smallest absolute Gasteiger partial charge is 0.0843 e. The summed E-state index contributed by atoms with van der Waals surface area (Å²) in [6.07, 6.45) is 1.69. The first-order valence-corrected chi connectivity index (χ1v) is 6.54. The molecule has 0 fully saturated rings. The van der Waals surface area contributed by atoms with Crippen molar-refractivity contribution in [3.05, 3.63) is 31.1 Å². The Morgan fingerprint density at radius 1 is 1.53 bits per heavy atom. The molecule has 15 heavy (non-hydrogen) atoms. The zero-order valence-electron chi connectivity index (χ0n) is 7.82. The molecular weight excluding hydrogens is 344 g/mol. The number of hydrogen-bond donors (Lipinski definition) is 1. The largest absolute Gasteiger partial charge is 0.318 e. The number of nitrogens with zero attached hydrogens (tertiary/aromatic N) is 3. The standard InChI is InChI=1S/C8H8Br2N4S/c1-14-5(3-12-13-14)7(11)6-2-4(9)8(10)15-6/h2-3,7H,11H2,1H3. The van der Waals surface area contributed by atoms with Gasteiger partial charge in [-0.05, 0) is 37.9 Å². The van der Waals surface area contributed by atoms with Crippen LogP contribution in [0, 0.1) is 0 Å². The van der Waals surface area contributed by atoms with Crippen molar-refractivity contribution in [2.75, 3.05) is 0 Å². The summed E-state index contributed by atoms with van der Waals surface area (Å²) >= 11 is 8.49. The van der Waals surface area contributed by atoms with Gasteiger partial charge in [-0.15, -0.1) is 16.4 Å². The molecule has 0 aromatic carbocycles. The zero-order chi connectivity index (χ0) is 11.0. The van der Waals surface area contributed by atoms with Crippen LogP contribution in [-0.2, 0) is 7.05 Å². The average Bonchev–Trinajstić information content (AvgIpc) is 2.74. The van der Waals surface area contributed by atoms with Crippen molar-refractivity contribution in [1.82, 2.24) is 15.0 Å². The third kappa shape index (κ3) is 2.15. The molecule has 7 heteroatoms. The van der Waals surface area contributed by atoms with Crippen LogP contribution in [0.3, 0.4) is 0 Å². The lowest BCUT2D eigenvalue weighted by Gasteiger charge is -2.07. The fraction of sp³-hybridized carbons (Fsp3) is 0.250. The lowest BCUT2D eigenvalue weighted by atomic mass is 10.2. The Bertz CT molecular complexity index is 459. The maximum atomic E-state index is 6.11. The van der Waals surface area contributed by atoms with Crippen LogP contribution in [0.5, 0.6) is 0 Å². The van der Waals surface area contributed by atoms with E-state index in [4.69, 9.17) is 5.73 Å². The fourth-order valence-corrected chi connectivity index (χ4v) is 3.35. The van der Waals surface area contributed by atoms with Crippen LogP contribution in [0.2, 0.25) is 0 Å². The predicted molar refractivity (Wildman–Crippen MR) is 66.8 cm³/mol. The number of rotatable bonds is 2. The number of halogens is 2. The minimum absolute atomic E-state index is 0.183. The highest BCUT2D eigenvalue weighted by atomic mass is 79.9. The molecule has 0 aliphatic heterocycles.